The average Bonchev–Trinajstić information content (AvgIpc) is 3.25. The number of nitrogens with zero attached hydrogens (tertiary/aromatic N) is 2. The maximum Gasteiger partial charge on any atom is 0.258 e. The van der Waals surface area contributed by atoms with Crippen molar-refractivity contribution >= 4 is 16.9 Å². The third-order valence-corrected chi connectivity index (χ3v) is 5.66. The van der Waals surface area contributed by atoms with Gasteiger partial charge in [0.2, 0.25) is 0 Å². The second-order valence-electron chi connectivity index (χ2n) is 8.20. The summed E-state index contributed by atoms with van der Waals surface area (Å²) in [6.07, 6.45) is 4.52. The average molecular weight is 470 g/mol. The van der Waals surface area contributed by atoms with E-state index < -0.39 is 0 Å². The monoisotopic (exact) mass is 469 g/mol. The number of ether oxygens (including phenoxy) is 2. The van der Waals surface area contributed by atoms with Crippen LogP contribution in [0.25, 0.3) is 11.0 Å². The fourth-order valence-electron chi connectivity index (χ4n) is 3.93. The predicted molar refractivity (Wildman–Crippen MR) is 139 cm³/mol. The summed E-state index contributed by atoms with van der Waals surface area (Å²) in [6.45, 7) is 5.57. The molecule has 1 aromatic heterocycles. The molecule has 1 N–H and O–H groups in total. The molecule has 0 aliphatic carbocycles. The summed E-state index contributed by atoms with van der Waals surface area (Å²) in [5, 5.41) is 2.93. The normalized spacial score (nSPS) is 10.7. The van der Waals surface area contributed by atoms with Gasteiger partial charge in [-0.2, -0.15) is 0 Å². The van der Waals surface area contributed by atoms with E-state index in [0.717, 1.165) is 54.0 Å². The van der Waals surface area contributed by atoms with Gasteiger partial charge < -0.3 is 19.4 Å². The van der Waals surface area contributed by atoms with Gasteiger partial charge in [-0.1, -0.05) is 54.6 Å². The summed E-state index contributed by atoms with van der Waals surface area (Å²) in [5.74, 6) is 2.24. The van der Waals surface area contributed by atoms with E-state index in [0.29, 0.717) is 18.9 Å². The van der Waals surface area contributed by atoms with Crippen LogP contribution in [0, 0.1) is 0 Å². The minimum atomic E-state index is -0.181. The van der Waals surface area contributed by atoms with Crippen LogP contribution in [0.2, 0.25) is 0 Å². The lowest BCUT2D eigenvalue weighted by atomic mass is 10.1. The van der Waals surface area contributed by atoms with Crippen molar-refractivity contribution in [1.82, 2.24) is 14.9 Å². The number of carbonyl (C=O) groups is 1. The molecule has 0 saturated carbocycles. The van der Waals surface area contributed by atoms with Gasteiger partial charge in [-0.15, -0.1) is 6.58 Å². The molecule has 1 amide bonds. The van der Waals surface area contributed by atoms with Crippen LogP contribution in [0.3, 0.4) is 0 Å². The molecule has 0 atom stereocenters. The van der Waals surface area contributed by atoms with Crippen LogP contribution in [0.1, 0.15) is 24.2 Å². The zero-order chi connectivity index (χ0) is 24.3. The van der Waals surface area contributed by atoms with Crippen LogP contribution in [0.4, 0.5) is 0 Å². The summed E-state index contributed by atoms with van der Waals surface area (Å²) < 4.78 is 13.7. The number of unbranched alkanes of at least 4 members (excludes halogenated alkanes) is 1. The Bertz CT molecular complexity index is 1250. The van der Waals surface area contributed by atoms with E-state index in [1.165, 1.54) is 0 Å². The smallest absolute Gasteiger partial charge is 0.258 e. The standard InChI is InChI=1S/C29H31N3O3/c1-2-12-23-13-6-9-18-27(23)34-20-11-10-19-32-26-17-8-7-16-25(26)31-28(32)21-30-29(33)22-35-24-14-4-3-5-15-24/h2-9,13-18H,1,10-12,19-22H2,(H,30,33). The molecule has 0 aliphatic rings. The van der Waals surface area contributed by atoms with Crippen molar-refractivity contribution in [3.63, 3.8) is 0 Å². The Hall–Kier alpha value is -4.06. The number of aryl methyl sites for hydroxylation is 1. The minimum Gasteiger partial charge on any atom is -0.493 e. The second kappa shape index (κ2) is 12.4. The fraction of sp³-hybridized carbons (Fsp3) is 0.241. The molecule has 0 radical (unpaired) electrons. The van der Waals surface area contributed by atoms with E-state index in [9.17, 15) is 4.79 Å². The zero-order valence-corrected chi connectivity index (χ0v) is 19.9. The molecule has 0 fully saturated rings. The molecule has 0 aliphatic heterocycles. The molecule has 0 saturated heterocycles. The second-order valence-corrected chi connectivity index (χ2v) is 8.20. The number of aromatic nitrogens is 2. The van der Waals surface area contributed by atoms with Crippen molar-refractivity contribution in [2.75, 3.05) is 13.2 Å². The number of benzene rings is 3. The van der Waals surface area contributed by atoms with Crippen LogP contribution in [0.15, 0.2) is 91.5 Å². The van der Waals surface area contributed by atoms with Crippen LogP contribution >= 0.6 is 0 Å². The van der Waals surface area contributed by atoms with Gasteiger partial charge in [0, 0.05) is 6.54 Å². The Morgan fingerprint density at radius 2 is 1.71 bits per heavy atom. The van der Waals surface area contributed by atoms with Crippen molar-refractivity contribution in [3.8, 4) is 11.5 Å². The lowest BCUT2D eigenvalue weighted by Crippen LogP contribution is -2.29. The van der Waals surface area contributed by atoms with Crippen molar-refractivity contribution in [1.29, 1.82) is 0 Å². The highest BCUT2D eigenvalue weighted by Crippen LogP contribution is 2.20. The van der Waals surface area contributed by atoms with Gasteiger partial charge in [0.1, 0.15) is 17.3 Å². The van der Waals surface area contributed by atoms with E-state index >= 15 is 0 Å². The van der Waals surface area contributed by atoms with E-state index in [4.69, 9.17) is 14.5 Å². The van der Waals surface area contributed by atoms with Gasteiger partial charge >= 0.3 is 0 Å². The van der Waals surface area contributed by atoms with Crippen LogP contribution in [0.5, 0.6) is 11.5 Å². The van der Waals surface area contributed by atoms with Crippen molar-refractivity contribution < 1.29 is 14.3 Å². The SMILES string of the molecule is C=CCc1ccccc1OCCCCn1c(CNC(=O)COc2ccccc2)nc2ccccc21. The zero-order valence-electron chi connectivity index (χ0n) is 19.9. The summed E-state index contributed by atoms with van der Waals surface area (Å²) in [7, 11) is 0. The first-order chi connectivity index (χ1) is 17.2. The van der Waals surface area contributed by atoms with Crippen molar-refractivity contribution in [2.45, 2.75) is 32.4 Å². The molecule has 0 unspecified atom stereocenters. The number of amides is 1. The van der Waals surface area contributed by atoms with Gasteiger partial charge in [0.05, 0.1) is 24.2 Å². The topological polar surface area (TPSA) is 65.4 Å². The highest BCUT2D eigenvalue weighted by molar-refractivity contribution is 5.78. The molecule has 0 spiro atoms. The largest absolute Gasteiger partial charge is 0.493 e. The number of hydrogen-bond acceptors (Lipinski definition) is 4. The molecule has 4 aromatic rings. The Morgan fingerprint density at radius 3 is 2.57 bits per heavy atom. The third kappa shape index (κ3) is 6.73. The van der Waals surface area contributed by atoms with E-state index in [1.807, 2.05) is 72.8 Å². The van der Waals surface area contributed by atoms with E-state index in [-0.39, 0.29) is 12.5 Å². The Labute approximate surface area is 206 Å². The highest BCUT2D eigenvalue weighted by Gasteiger charge is 2.12. The molecular weight excluding hydrogens is 438 g/mol. The molecule has 35 heavy (non-hydrogen) atoms. The van der Waals surface area contributed by atoms with Crippen LogP contribution in [-0.4, -0.2) is 28.7 Å². The number of hydrogen-bond donors (Lipinski definition) is 1. The van der Waals surface area contributed by atoms with Crippen molar-refractivity contribution in [2.24, 2.45) is 0 Å². The number of allylic oxidation sites excluding steroid dienone is 1. The summed E-state index contributed by atoms with van der Waals surface area (Å²) in [5.41, 5.74) is 3.14. The fourth-order valence-corrected chi connectivity index (χ4v) is 3.93. The Kier molecular flexibility index (Phi) is 8.54. The lowest BCUT2D eigenvalue weighted by molar-refractivity contribution is -0.123. The third-order valence-electron chi connectivity index (χ3n) is 5.66. The summed E-state index contributed by atoms with van der Waals surface area (Å²) in [4.78, 5) is 17.1. The summed E-state index contributed by atoms with van der Waals surface area (Å²) >= 11 is 0. The molecule has 4 rings (SSSR count). The minimum absolute atomic E-state index is 0.0328. The van der Waals surface area contributed by atoms with Gasteiger partial charge in [-0.3, -0.25) is 4.79 Å². The van der Waals surface area contributed by atoms with E-state index in [1.54, 1.807) is 0 Å². The van der Waals surface area contributed by atoms with Crippen LogP contribution < -0.4 is 14.8 Å². The van der Waals surface area contributed by atoms with Crippen molar-refractivity contribution in [3.05, 3.63) is 103 Å². The molecule has 6 nitrogen and oxygen atoms in total. The van der Waals surface area contributed by atoms with Crippen LogP contribution in [-0.2, 0) is 24.3 Å². The first-order valence-electron chi connectivity index (χ1n) is 11.9. The number of carbonyl (C=O) groups excluding carboxylic acids is 1. The van der Waals surface area contributed by atoms with Gasteiger partial charge in [0.15, 0.2) is 6.61 Å². The molecule has 6 heteroatoms. The number of fused-ring (bicyclic) bond motifs is 1. The molecule has 180 valence electrons. The van der Waals surface area contributed by atoms with Gasteiger partial charge in [0.25, 0.3) is 5.91 Å². The molecular formula is C29H31N3O3. The maximum absolute atomic E-state index is 12.3. The Balaban J connectivity index is 1.31. The molecule has 1 heterocycles. The summed E-state index contributed by atoms with van der Waals surface area (Å²) in [6, 6.07) is 25.4. The quantitative estimate of drug-likeness (QED) is 0.213. The van der Waals surface area contributed by atoms with Gasteiger partial charge in [-0.05, 0) is 55.2 Å². The lowest BCUT2D eigenvalue weighted by Gasteiger charge is -2.12. The number of nitrogens with one attached hydrogen (secondary N) is 1. The first-order valence-corrected chi connectivity index (χ1v) is 11.9. The first kappa shape index (κ1) is 24.1. The Morgan fingerprint density at radius 1 is 0.943 bits per heavy atom. The molecule has 0 bridgehead atoms. The maximum atomic E-state index is 12.3. The highest BCUT2D eigenvalue weighted by atomic mass is 16.5. The van der Waals surface area contributed by atoms with Gasteiger partial charge in [-0.25, -0.2) is 4.98 Å². The van der Waals surface area contributed by atoms with E-state index in [2.05, 4.69) is 28.6 Å². The molecule has 3 aromatic carbocycles. The number of rotatable bonds is 13. The predicted octanol–water partition coefficient (Wildman–Crippen LogP) is 5.32. The number of para-hydroxylation sites is 4. The number of imidazole rings is 1.